The number of hydrogen-bond donors (Lipinski definition) is 0. The standard InChI is InChI=1S/C30H36O4/c1-5-7-9-27(8-6-2)33-28-18-20-29(21-19-28)34-30(31)26-16-14-25(15-17-26)24-12-10-23(11-13-24)22(3)32-4/h10-22,27H,5-9H2,1-4H3. The lowest BCUT2D eigenvalue weighted by Crippen LogP contribution is -2.16. The van der Waals surface area contributed by atoms with Gasteiger partial charge in [0.1, 0.15) is 11.5 Å². The van der Waals surface area contributed by atoms with Gasteiger partial charge in [0.05, 0.1) is 17.8 Å². The van der Waals surface area contributed by atoms with Crippen molar-refractivity contribution in [1.29, 1.82) is 0 Å². The zero-order valence-electron chi connectivity index (χ0n) is 20.8. The van der Waals surface area contributed by atoms with Gasteiger partial charge < -0.3 is 14.2 Å². The van der Waals surface area contributed by atoms with Gasteiger partial charge >= 0.3 is 5.97 Å². The summed E-state index contributed by atoms with van der Waals surface area (Å²) in [5, 5.41) is 0. The third-order valence-electron chi connectivity index (χ3n) is 6.01. The van der Waals surface area contributed by atoms with Gasteiger partial charge in [-0.2, -0.15) is 0 Å². The van der Waals surface area contributed by atoms with Crippen molar-refractivity contribution in [2.75, 3.05) is 7.11 Å². The van der Waals surface area contributed by atoms with Gasteiger partial charge in [0, 0.05) is 7.11 Å². The van der Waals surface area contributed by atoms with Gasteiger partial charge in [-0.05, 0) is 72.9 Å². The lowest BCUT2D eigenvalue weighted by Gasteiger charge is -2.18. The number of carbonyl (C=O) groups excluding carboxylic acids is 1. The van der Waals surface area contributed by atoms with E-state index in [0.29, 0.717) is 11.3 Å². The minimum atomic E-state index is -0.378. The summed E-state index contributed by atoms with van der Waals surface area (Å²) in [7, 11) is 1.70. The van der Waals surface area contributed by atoms with Crippen LogP contribution < -0.4 is 9.47 Å². The highest BCUT2D eigenvalue weighted by Gasteiger charge is 2.12. The molecule has 3 aromatic carbocycles. The minimum absolute atomic E-state index is 0.0608. The van der Waals surface area contributed by atoms with E-state index in [1.807, 2.05) is 31.2 Å². The summed E-state index contributed by atoms with van der Waals surface area (Å²) < 4.78 is 17.1. The summed E-state index contributed by atoms with van der Waals surface area (Å²) in [6.45, 7) is 6.39. The second kappa shape index (κ2) is 13.0. The maximum absolute atomic E-state index is 12.6. The van der Waals surface area contributed by atoms with E-state index in [9.17, 15) is 4.79 Å². The number of methoxy groups -OCH3 is 1. The normalized spacial score (nSPS) is 12.7. The fourth-order valence-electron chi connectivity index (χ4n) is 3.84. The second-order valence-electron chi connectivity index (χ2n) is 8.61. The Labute approximate surface area is 203 Å². The van der Waals surface area contributed by atoms with E-state index in [-0.39, 0.29) is 18.2 Å². The number of hydrogen-bond acceptors (Lipinski definition) is 4. The second-order valence-corrected chi connectivity index (χ2v) is 8.61. The molecular formula is C30H36O4. The van der Waals surface area contributed by atoms with Crippen LogP contribution in [0.5, 0.6) is 11.5 Å². The molecule has 2 unspecified atom stereocenters. The highest BCUT2D eigenvalue weighted by molar-refractivity contribution is 5.91. The molecule has 0 saturated carbocycles. The van der Waals surface area contributed by atoms with Crippen molar-refractivity contribution < 1.29 is 19.0 Å². The number of rotatable bonds is 12. The highest BCUT2D eigenvalue weighted by atomic mass is 16.5. The molecule has 0 aliphatic carbocycles. The van der Waals surface area contributed by atoms with Gasteiger partial charge in [-0.15, -0.1) is 0 Å². The van der Waals surface area contributed by atoms with Crippen molar-refractivity contribution in [3.63, 3.8) is 0 Å². The van der Waals surface area contributed by atoms with Crippen molar-refractivity contribution >= 4 is 5.97 Å². The number of unbranched alkanes of at least 4 members (excludes halogenated alkanes) is 1. The number of benzene rings is 3. The van der Waals surface area contributed by atoms with Crippen LogP contribution in [0.1, 0.15) is 74.9 Å². The highest BCUT2D eigenvalue weighted by Crippen LogP contribution is 2.25. The van der Waals surface area contributed by atoms with E-state index in [1.165, 1.54) is 6.42 Å². The summed E-state index contributed by atoms with van der Waals surface area (Å²) in [6, 6.07) is 23.0. The van der Waals surface area contributed by atoms with Gasteiger partial charge in [0.2, 0.25) is 0 Å². The van der Waals surface area contributed by atoms with Crippen LogP contribution >= 0.6 is 0 Å². The third kappa shape index (κ3) is 7.19. The lowest BCUT2D eigenvalue weighted by molar-refractivity contribution is 0.0734. The smallest absolute Gasteiger partial charge is 0.343 e. The van der Waals surface area contributed by atoms with Crippen molar-refractivity contribution in [1.82, 2.24) is 0 Å². The van der Waals surface area contributed by atoms with Crippen molar-refractivity contribution in [2.24, 2.45) is 0 Å². The maximum atomic E-state index is 12.6. The fourth-order valence-corrected chi connectivity index (χ4v) is 3.84. The van der Waals surface area contributed by atoms with Crippen molar-refractivity contribution in [3.05, 3.63) is 83.9 Å². The first-order chi connectivity index (χ1) is 16.5. The first kappa shape index (κ1) is 25.5. The molecule has 0 aromatic heterocycles. The van der Waals surface area contributed by atoms with Crippen LogP contribution in [-0.4, -0.2) is 19.2 Å². The molecular weight excluding hydrogens is 424 g/mol. The Morgan fingerprint density at radius 1 is 0.765 bits per heavy atom. The van der Waals surface area contributed by atoms with Crippen molar-refractivity contribution in [2.45, 2.75) is 65.1 Å². The molecule has 4 heteroatoms. The van der Waals surface area contributed by atoms with Crippen LogP contribution in [-0.2, 0) is 4.74 Å². The lowest BCUT2D eigenvalue weighted by atomic mass is 10.0. The Bertz CT molecular complexity index is 1010. The summed E-state index contributed by atoms with van der Waals surface area (Å²) in [5.74, 6) is 0.936. The summed E-state index contributed by atoms with van der Waals surface area (Å²) in [6.07, 6.45) is 5.83. The molecule has 34 heavy (non-hydrogen) atoms. The van der Waals surface area contributed by atoms with Crippen LogP contribution in [0.3, 0.4) is 0 Å². The Hall–Kier alpha value is -3.11. The Morgan fingerprint density at radius 3 is 1.91 bits per heavy atom. The van der Waals surface area contributed by atoms with Crippen LogP contribution in [0.4, 0.5) is 0 Å². The monoisotopic (exact) mass is 460 g/mol. The maximum Gasteiger partial charge on any atom is 0.343 e. The molecule has 0 bridgehead atoms. The quantitative estimate of drug-likeness (QED) is 0.203. The fraction of sp³-hybridized carbons (Fsp3) is 0.367. The molecule has 0 radical (unpaired) electrons. The third-order valence-corrected chi connectivity index (χ3v) is 6.01. The summed E-state index contributed by atoms with van der Waals surface area (Å²) >= 11 is 0. The van der Waals surface area contributed by atoms with E-state index in [2.05, 4.69) is 38.1 Å². The first-order valence-corrected chi connectivity index (χ1v) is 12.3. The minimum Gasteiger partial charge on any atom is -0.490 e. The van der Waals surface area contributed by atoms with Gasteiger partial charge in [-0.1, -0.05) is 69.5 Å². The van der Waals surface area contributed by atoms with E-state index in [0.717, 1.165) is 48.1 Å². The van der Waals surface area contributed by atoms with E-state index >= 15 is 0 Å². The van der Waals surface area contributed by atoms with E-state index < -0.39 is 0 Å². The molecule has 2 atom stereocenters. The van der Waals surface area contributed by atoms with Gasteiger partial charge in [0.15, 0.2) is 0 Å². The van der Waals surface area contributed by atoms with E-state index in [4.69, 9.17) is 14.2 Å². The molecule has 0 aliphatic rings. The molecule has 0 amide bonds. The number of ether oxygens (including phenoxy) is 3. The molecule has 4 nitrogen and oxygen atoms in total. The molecule has 3 rings (SSSR count). The van der Waals surface area contributed by atoms with Crippen LogP contribution in [0, 0.1) is 0 Å². The largest absolute Gasteiger partial charge is 0.490 e. The Kier molecular flexibility index (Phi) is 9.72. The predicted octanol–water partition coefficient (Wildman–Crippen LogP) is 8.02. The Morgan fingerprint density at radius 2 is 1.35 bits per heavy atom. The van der Waals surface area contributed by atoms with Crippen LogP contribution in [0.2, 0.25) is 0 Å². The number of esters is 1. The molecule has 0 aliphatic heterocycles. The van der Waals surface area contributed by atoms with Gasteiger partial charge in [-0.3, -0.25) is 0 Å². The summed E-state index contributed by atoms with van der Waals surface area (Å²) in [4.78, 5) is 12.6. The molecule has 0 spiro atoms. The number of carbonyl (C=O) groups is 1. The Balaban J connectivity index is 1.59. The zero-order valence-corrected chi connectivity index (χ0v) is 20.8. The molecule has 0 saturated heterocycles. The molecule has 180 valence electrons. The molecule has 0 fully saturated rings. The van der Waals surface area contributed by atoms with Crippen LogP contribution in [0.15, 0.2) is 72.8 Å². The SMILES string of the molecule is CCCCC(CCC)Oc1ccc(OC(=O)c2ccc(-c3ccc(C(C)OC)cc3)cc2)cc1. The molecule has 3 aromatic rings. The zero-order chi connectivity index (χ0) is 24.3. The van der Waals surface area contributed by atoms with E-state index in [1.54, 1.807) is 31.4 Å². The molecule has 0 heterocycles. The first-order valence-electron chi connectivity index (χ1n) is 12.3. The molecule has 0 N–H and O–H groups in total. The van der Waals surface area contributed by atoms with Gasteiger partial charge in [0.25, 0.3) is 0 Å². The van der Waals surface area contributed by atoms with Gasteiger partial charge in [-0.25, -0.2) is 4.79 Å². The predicted molar refractivity (Wildman–Crippen MR) is 138 cm³/mol. The average Bonchev–Trinajstić information content (AvgIpc) is 2.88. The van der Waals surface area contributed by atoms with Crippen LogP contribution in [0.25, 0.3) is 11.1 Å². The average molecular weight is 461 g/mol. The topological polar surface area (TPSA) is 44.8 Å². The summed E-state index contributed by atoms with van der Waals surface area (Å²) in [5.41, 5.74) is 3.77. The van der Waals surface area contributed by atoms with Crippen molar-refractivity contribution in [3.8, 4) is 22.6 Å².